The first kappa shape index (κ1) is 14.0. The molecule has 0 saturated heterocycles. The Morgan fingerprint density at radius 1 is 0.895 bits per heavy atom. The second-order valence-electron chi connectivity index (χ2n) is 5.06. The minimum atomic E-state index is 0.339. The predicted octanol–water partition coefficient (Wildman–Crippen LogP) is 2.70. The van der Waals surface area contributed by atoms with Gasteiger partial charge < -0.3 is 19.9 Å². The van der Waals surface area contributed by atoms with E-state index < -0.39 is 0 Å². The van der Waals surface area contributed by atoms with E-state index >= 15 is 0 Å². The highest BCUT2D eigenvalue weighted by molar-refractivity contribution is 5.52. The molecule has 0 spiro atoms. The van der Waals surface area contributed by atoms with E-state index in [4.69, 9.17) is 19.9 Å². The minimum Gasteiger partial charge on any atom is -0.496 e. The lowest BCUT2D eigenvalue weighted by Gasteiger charge is -2.28. The number of rotatable bonds is 4. The molecule has 0 heterocycles. The van der Waals surface area contributed by atoms with Gasteiger partial charge in [-0.2, -0.15) is 0 Å². The fourth-order valence-corrected chi connectivity index (χ4v) is 2.84. The smallest absolute Gasteiger partial charge is 0.129 e. The average Bonchev–Trinajstić information content (AvgIpc) is 2.46. The van der Waals surface area contributed by atoms with Crippen molar-refractivity contribution in [1.29, 1.82) is 0 Å². The number of methoxy groups -OCH3 is 3. The normalized spacial score (nSPS) is 22.9. The molecular formula is C15H23NO3. The van der Waals surface area contributed by atoms with Gasteiger partial charge in [0.15, 0.2) is 0 Å². The lowest BCUT2D eigenvalue weighted by Crippen LogP contribution is -2.26. The zero-order chi connectivity index (χ0) is 13.8. The van der Waals surface area contributed by atoms with Gasteiger partial charge in [0.2, 0.25) is 0 Å². The van der Waals surface area contributed by atoms with Crippen molar-refractivity contribution >= 4 is 0 Å². The third kappa shape index (κ3) is 2.95. The van der Waals surface area contributed by atoms with Crippen molar-refractivity contribution in [3.8, 4) is 17.2 Å². The highest BCUT2D eigenvalue weighted by atomic mass is 16.5. The van der Waals surface area contributed by atoms with Crippen LogP contribution < -0.4 is 19.9 Å². The number of nitrogens with two attached hydrogens (primary N) is 1. The summed E-state index contributed by atoms with van der Waals surface area (Å²) in [4.78, 5) is 0. The van der Waals surface area contributed by atoms with Gasteiger partial charge in [0.05, 0.1) is 21.3 Å². The van der Waals surface area contributed by atoms with E-state index in [1.165, 1.54) is 0 Å². The van der Waals surface area contributed by atoms with Crippen LogP contribution in [0.1, 0.15) is 37.2 Å². The molecule has 1 aromatic rings. The largest absolute Gasteiger partial charge is 0.496 e. The first-order chi connectivity index (χ1) is 9.19. The Balaban J connectivity index is 2.36. The molecule has 106 valence electrons. The van der Waals surface area contributed by atoms with Crippen molar-refractivity contribution in [2.45, 2.75) is 37.6 Å². The summed E-state index contributed by atoms with van der Waals surface area (Å²) in [6.45, 7) is 0. The quantitative estimate of drug-likeness (QED) is 0.909. The minimum absolute atomic E-state index is 0.339. The molecule has 0 amide bonds. The summed E-state index contributed by atoms with van der Waals surface area (Å²) in [5.41, 5.74) is 7.13. The van der Waals surface area contributed by atoms with Gasteiger partial charge >= 0.3 is 0 Å². The molecule has 4 heteroatoms. The van der Waals surface area contributed by atoms with E-state index in [-0.39, 0.29) is 0 Å². The van der Waals surface area contributed by atoms with Crippen LogP contribution in [0, 0.1) is 0 Å². The maximum atomic E-state index is 5.98. The summed E-state index contributed by atoms with van der Waals surface area (Å²) in [6.07, 6.45) is 4.28. The van der Waals surface area contributed by atoms with Crippen LogP contribution in [-0.2, 0) is 0 Å². The van der Waals surface area contributed by atoms with Crippen molar-refractivity contribution in [3.05, 3.63) is 17.7 Å². The Morgan fingerprint density at radius 3 is 1.84 bits per heavy atom. The summed E-state index contributed by atoms with van der Waals surface area (Å²) in [6, 6.07) is 4.19. The predicted molar refractivity (Wildman–Crippen MR) is 75.3 cm³/mol. The van der Waals surface area contributed by atoms with Crippen LogP contribution in [0.3, 0.4) is 0 Å². The first-order valence-corrected chi connectivity index (χ1v) is 6.75. The standard InChI is InChI=1S/C15H23NO3/c1-17-12-8-13(18-2)15(14(9-12)19-3)10-4-6-11(16)7-5-10/h8-11H,4-7,16H2,1-3H3. The van der Waals surface area contributed by atoms with E-state index in [9.17, 15) is 0 Å². The van der Waals surface area contributed by atoms with Crippen LogP contribution >= 0.6 is 0 Å². The second-order valence-corrected chi connectivity index (χ2v) is 5.06. The summed E-state index contributed by atoms with van der Waals surface area (Å²) in [5.74, 6) is 2.90. The third-order valence-electron chi connectivity index (χ3n) is 3.93. The summed E-state index contributed by atoms with van der Waals surface area (Å²) in [7, 11) is 5.02. The van der Waals surface area contributed by atoms with Crippen LogP contribution in [0.15, 0.2) is 12.1 Å². The Hall–Kier alpha value is -1.42. The first-order valence-electron chi connectivity index (χ1n) is 6.75. The SMILES string of the molecule is COc1cc(OC)c(C2CCC(N)CC2)c(OC)c1. The Morgan fingerprint density at radius 2 is 1.42 bits per heavy atom. The van der Waals surface area contributed by atoms with Crippen molar-refractivity contribution in [2.24, 2.45) is 5.73 Å². The molecule has 0 unspecified atom stereocenters. The number of ether oxygens (including phenoxy) is 3. The molecule has 0 aromatic heterocycles. The third-order valence-corrected chi connectivity index (χ3v) is 3.93. The summed E-state index contributed by atoms with van der Waals surface area (Å²) in [5, 5.41) is 0. The highest BCUT2D eigenvalue weighted by Crippen LogP contribution is 2.44. The van der Waals surface area contributed by atoms with E-state index in [1.54, 1.807) is 21.3 Å². The van der Waals surface area contributed by atoms with Gasteiger partial charge in [-0.1, -0.05) is 0 Å². The second kappa shape index (κ2) is 6.15. The van der Waals surface area contributed by atoms with Crippen LogP contribution in [0.25, 0.3) is 0 Å². The summed E-state index contributed by atoms with van der Waals surface area (Å²) < 4.78 is 16.3. The van der Waals surface area contributed by atoms with Gasteiger partial charge in [0.1, 0.15) is 17.2 Å². The molecule has 1 saturated carbocycles. The van der Waals surface area contributed by atoms with E-state index in [0.717, 1.165) is 48.5 Å². The van der Waals surface area contributed by atoms with E-state index in [1.807, 2.05) is 12.1 Å². The highest BCUT2D eigenvalue weighted by Gasteiger charge is 2.26. The monoisotopic (exact) mass is 265 g/mol. The maximum absolute atomic E-state index is 5.98. The lowest BCUT2D eigenvalue weighted by atomic mass is 9.81. The summed E-state index contributed by atoms with van der Waals surface area (Å²) >= 11 is 0. The molecule has 19 heavy (non-hydrogen) atoms. The van der Waals surface area contributed by atoms with Crippen LogP contribution in [-0.4, -0.2) is 27.4 Å². The van der Waals surface area contributed by atoms with Crippen LogP contribution in [0.4, 0.5) is 0 Å². The molecule has 1 aliphatic carbocycles. The number of hydrogen-bond acceptors (Lipinski definition) is 4. The molecular weight excluding hydrogens is 242 g/mol. The van der Waals surface area contributed by atoms with Gasteiger partial charge in [-0.05, 0) is 31.6 Å². The van der Waals surface area contributed by atoms with Crippen LogP contribution in [0.5, 0.6) is 17.2 Å². The topological polar surface area (TPSA) is 53.7 Å². The fraction of sp³-hybridized carbons (Fsp3) is 0.600. The molecule has 0 aliphatic heterocycles. The van der Waals surface area contributed by atoms with Gasteiger partial charge in [0.25, 0.3) is 0 Å². The Kier molecular flexibility index (Phi) is 4.53. The molecule has 0 bridgehead atoms. The molecule has 1 aromatic carbocycles. The molecule has 4 nitrogen and oxygen atoms in total. The number of hydrogen-bond donors (Lipinski definition) is 1. The zero-order valence-corrected chi connectivity index (χ0v) is 11.9. The van der Waals surface area contributed by atoms with Crippen molar-refractivity contribution < 1.29 is 14.2 Å². The van der Waals surface area contributed by atoms with E-state index in [0.29, 0.717) is 12.0 Å². The molecule has 0 radical (unpaired) electrons. The van der Waals surface area contributed by atoms with E-state index in [2.05, 4.69) is 0 Å². The lowest BCUT2D eigenvalue weighted by molar-refractivity contribution is 0.340. The number of benzene rings is 1. The molecule has 2 rings (SSSR count). The molecule has 1 fully saturated rings. The Bertz CT molecular complexity index is 400. The van der Waals surface area contributed by atoms with Gasteiger partial charge in [-0.25, -0.2) is 0 Å². The maximum Gasteiger partial charge on any atom is 0.129 e. The van der Waals surface area contributed by atoms with Crippen molar-refractivity contribution in [2.75, 3.05) is 21.3 Å². The van der Waals surface area contributed by atoms with Gasteiger partial charge in [0, 0.05) is 23.7 Å². The average molecular weight is 265 g/mol. The van der Waals surface area contributed by atoms with Crippen molar-refractivity contribution in [3.63, 3.8) is 0 Å². The van der Waals surface area contributed by atoms with Gasteiger partial charge in [-0.15, -0.1) is 0 Å². The molecule has 2 N–H and O–H groups in total. The fourth-order valence-electron chi connectivity index (χ4n) is 2.84. The van der Waals surface area contributed by atoms with Gasteiger partial charge in [-0.3, -0.25) is 0 Å². The van der Waals surface area contributed by atoms with Crippen LogP contribution in [0.2, 0.25) is 0 Å². The molecule has 1 aliphatic rings. The zero-order valence-electron chi connectivity index (χ0n) is 11.9. The Labute approximate surface area is 114 Å². The van der Waals surface area contributed by atoms with Crippen molar-refractivity contribution in [1.82, 2.24) is 0 Å². The molecule has 0 atom stereocenters.